The Morgan fingerprint density at radius 3 is 2.20 bits per heavy atom. The third kappa shape index (κ3) is 6.30. The molecule has 5 nitrogen and oxygen atoms in total. The predicted octanol–water partition coefficient (Wildman–Crippen LogP) is 3.40. The van der Waals surface area contributed by atoms with Gasteiger partial charge in [0.05, 0.1) is 6.10 Å². The Morgan fingerprint density at radius 1 is 1.00 bits per heavy atom. The van der Waals surface area contributed by atoms with Gasteiger partial charge in [0.15, 0.2) is 0 Å². The summed E-state index contributed by atoms with van der Waals surface area (Å²) in [6, 6.07) is 14.7. The first-order chi connectivity index (χ1) is 11.9. The van der Waals surface area contributed by atoms with Crippen molar-refractivity contribution in [2.75, 3.05) is 11.9 Å². The van der Waals surface area contributed by atoms with Gasteiger partial charge in [-0.15, -0.1) is 0 Å². The molecule has 5 heteroatoms. The summed E-state index contributed by atoms with van der Waals surface area (Å²) >= 11 is 0. The smallest absolute Gasteiger partial charge is 0.251 e. The average molecular weight is 340 g/mol. The Bertz CT molecular complexity index is 707. The molecule has 25 heavy (non-hydrogen) atoms. The molecule has 0 saturated heterocycles. The largest absolute Gasteiger partial charge is 0.491 e. The van der Waals surface area contributed by atoms with Crippen molar-refractivity contribution in [1.29, 1.82) is 0 Å². The fourth-order valence-electron chi connectivity index (χ4n) is 2.34. The Labute approximate surface area is 148 Å². The summed E-state index contributed by atoms with van der Waals surface area (Å²) in [5.41, 5.74) is 2.37. The molecule has 0 aromatic heterocycles. The Hall–Kier alpha value is -2.82. The first-order valence-electron chi connectivity index (χ1n) is 8.35. The number of carbonyl (C=O) groups is 2. The third-order valence-electron chi connectivity index (χ3n) is 3.46. The molecular weight excluding hydrogens is 316 g/mol. The molecule has 0 fully saturated rings. The molecule has 0 atom stereocenters. The maximum absolute atomic E-state index is 12.1. The first kappa shape index (κ1) is 18.5. The number of carbonyl (C=O) groups excluding carboxylic acids is 2. The Kier molecular flexibility index (Phi) is 6.57. The minimum Gasteiger partial charge on any atom is -0.491 e. The molecule has 0 aliphatic rings. The van der Waals surface area contributed by atoms with Gasteiger partial charge in [0, 0.05) is 24.7 Å². The number of ether oxygens (including phenoxy) is 1. The van der Waals surface area contributed by atoms with Crippen molar-refractivity contribution in [3.63, 3.8) is 0 Å². The second kappa shape index (κ2) is 8.87. The lowest BCUT2D eigenvalue weighted by molar-refractivity contribution is -0.114. The van der Waals surface area contributed by atoms with Crippen LogP contribution in [0.25, 0.3) is 0 Å². The standard InChI is InChI=1S/C20H24N2O3/c1-14(2)25-19-10-4-16(5-11-19)12-13-21-20(24)17-6-8-18(9-7-17)22-15(3)23/h4-11,14H,12-13H2,1-3H3,(H,21,24)(H,22,23). The van der Waals surface area contributed by atoms with E-state index in [0.29, 0.717) is 17.8 Å². The van der Waals surface area contributed by atoms with Gasteiger partial charge in [-0.1, -0.05) is 12.1 Å². The monoisotopic (exact) mass is 340 g/mol. The fourth-order valence-corrected chi connectivity index (χ4v) is 2.34. The van der Waals surface area contributed by atoms with E-state index in [-0.39, 0.29) is 17.9 Å². The maximum Gasteiger partial charge on any atom is 0.251 e. The van der Waals surface area contributed by atoms with Crippen LogP contribution in [0.3, 0.4) is 0 Å². The molecule has 0 radical (unpaired) electrons. The normalized spacial score (nSPS) is 10.4. The number of nitrogens with one attached hydrogen (secondary N) is 2. The molecule has 0 aliphatic heterocycles. The van der Waals surface area contributed by atoms with Crippen molar-refractivity contribution in [3.8, 4) is 5.75 Å². The van der Waals surface area contributed by atoms with Gasteiger partial charge in [0.1, 0.15) is 5.75 Å². The van der Waals surface area contributed by atoms with Crippen molar-refractivity contribution in [1.82, 2.24) is 5.32 Å². The van der Waals surface area contributed by atoms with Gasteiger partial charge in [-0.25, -0.2) is 0 Å². The number of amides is 2. The summed E-state index contributed by atoms with van der Waals surface area (Å²) in [4.78, 5) is 23.1. The molecule has 132 valence electrons. The summed E-state index contributed by atoms with van der Waals surface area (Å²) in [6.07, 6.45) is 0.902. The molecule has 0 aliphatic carbocycles. The van der Waals surface area contributed by atoms with Gasteiger partial charge >= 0.3 is 0 Å². The lowest BCUT2D eigenvalue weighted by atomic mass is 10.1. The van der Waals surface area contributed by atoms with Crippen LogP contribution in [0.4, 0.5) is 5.69 Å². The highest BCUT2D eigenvalue weighted by Crippen LogP contribution is 2.14. The van der Waals surface area contributed by atoms with E-state index in [1.807, 2.05) is 38.1 Å². The summed E-state index contributed by atoms with van der Waals surface area (Å²) in [6.45, 7) is 5.98. The molecule has 0 unspecified atom stereocenters. The van der Waals surface area contributed by atoms with E-state index < -0.39 is 0 Å². The van der Waals surface area contributed by atoms with E-state index in [4.69, 9.17) is 4.74 Å². The summed E-state index contributed by atoms with van der Waals surface area (Å²) < 4.78 is 5.61. The molecule has 2 aromatic rings. The van der Waals surface area contributed by atoms with Crippen LogP contribution in [-0.4, -0.2) is 24.5 Å². The van der Waals surface area contributed by atoms with E-state index in [1.165, 1.54) is 6.92 Å². The zero-order valence-electron chi connectivity index (χ0n) is 14.8. The van der Waals surface area contributed by atoms with Crippen LogP contribution in [0.2, 0.25) is 0 Å². The highest BCUT2D eigenvalue weighted by molar-refractivity contribution is 5.95. The zero-order chi connectivity index (χ0) is 18.2. The maximum atomic E-state index is 12.1. The van der Waals surface area contributed by atoms with Gasteiger partial charge in [0.25, 0.3) is 5.91 Å². The van der Waals surface area contributed by atoms with Crippen LogP contribution in [0.15, 0.2) is 48.5 Å². The van der Waals surface area contributed by atoms with Gasteiger partial charge in [-0.3, -0.25) is 9.59 Å². The minimum atomic E-state index is -0.137. The number of hydrogen-bond acceptors (Lipinski definition) is 3. The minimum absolute atomic E-state index is 0.130. The van der Waals surface area contributed by atoms with Crippen molar-refractivity contribution in [2.45, 2.75) is 33.3 Å². The lowest BCUT2D eigenvalue weighted by Crippen LogP contribution is -2.25. The molecule has 0 saturated carbocycles. The molecular formula is C20H24N2O3. The summed E-state index contributed by atoms with van der Waals surface area (Å²) in [7, 11) is 0. The van der Waals surface area contributed by atoms with Gasteiger partial charge in [-0.2, -0.15) is 0 Å². The fraction of sp³-hybridized carbons (Fsp3) is 0.300. The van der Waals surface area contributed by atoms with E-state index in [1.54, 1.807) is 24.3 Å². The number of benzene rings is 2. The second-order valence-corrected chi connectivity index (χ2v) is 6.07. The summed E-state index contributed by atoms with van der Waals surface area (Å²) in [5, 5.41) is 5.57. The topological polar surface area (TPSA) is 67.4 Å². The molecule has 0 heterocycles. The number of rotatable bonds is 7. The Balaban J connectivity index is 1.80. The molecule has 2 N–H and O–H groups in total. The van der Waals surface area contributed by atoms with Gasteiger partial charge in [0.2, 0.25) is 5.91 Å². The van der Waals surface area contributed by atoms with E-state index in [9.17, 15) is 9.59 Å². The van der Waals surface area contributed by atoms with Crippen molar-refractivity contribution in [3.05, 3.63) is 59.7 Å². The van der Waals surface area contributed by atoms with Gasteiger partial charge in [-0.05, 0) is 62.2 Å². The molecule has 2 amide bonds. The average Bonchev–Trinajstić information content (AvgIpc) is 2.56. The zero-order valence-corrected chi connectivity index (χ0v) is 14.8. The molecule has 2 aromatic carbocycles. The van der Waals surface area contributed by atoms with Crippen molar-refractivity contribution >= 4 is 17.5 Å². The Morgan fingerprint density at radius 2 is 1.64 bits per heavy atom. The van der Waals surface area contributed by atoms with Crippen LogP contribution in [0.1, 0.15) is 36.7 Å². The highest BCUT2D eigenvalue weighted by Gasteiger charge is 2.05. The van der Waals surface area contributed by atoms with Crippen LogP contribution < -0.4 is 15.4 Å². The highest BCUT2D eigenvalue weighted by atomic mass is 16.5. The van der Waals surface area contributed by atoms with E-state index in [0.717, 1.165) is 17.7 Å². The van der Waals surface area contributed by atoms with Crippen LogP contribution in [0.5, 0.6) is 5.75 Å². The molecule has 0 spiro atoms. The number of hydrogen-bond donors (Lipinski definition) is 2. The van der Waals surface area contributed by atoms with Crippen LogP contribution >= 0.6 is 0 Å². The quantitative estimate of drug-likeness (QED) is 0.812. The van der Waals surface area contributed by atoms with E-state index >= 15 is 0 Å². The lowest BCUT2D eigenvalue weighted by Gasteiger charge is -2.10. The molecule has 2 rings (SSSR count). The SMILES string of the molecule is CC(=O)Nc1ccc(C(=O)NCCc2ccc(OC(C)C)cc2)cc1. The first-order valence-corrected chi connectivity index (χ1v) is 8.35. The number of anilines is 1. The molecule has 0 bridgehead atoms. The van der Waals surface area contributed by atoms with Crippen LogP contribution in [-0.2, 0) is 11.2 Å². The van der Waals surface area contributed by atoms with Crippen molar-refractivity contribution < 1.29 is 14.3 Å². The van der Waals surface area contributed by atoms with Gasteiger partial charge < -0.3 is 15.4 Å². The van der Waals surface area contributed by atoms with Crippen molar-refractivity contribution in [2.24, 2.45) is 0 Å². The summed E-state index contributed by atoms with van der Waals surface area (Å²) in [5.74, 6) is 0.582. The van der Waals surface area contributed by atoms with E-state index in [2.05, 4.69) is 10.6 Å². The predicted molar refractivity (Wildman–Crippen MR) is 99.0 cm³/mol. The third-order valence-corrected chi connectivity index (χ3v) is 3.46. The van der Waals surface area contributed by atoms with Crippen LogP contribution in [0, 0.1) is 0 Å². The second-order valence-electron chi connectivity index (χ2n) is 6.07.